The van der Waals surface area contributed by atoms with E-state index in [0.29, 0.717) is 6.61 Å². The maximum absolute atomic E-state index is 6.01. The van der Waals surface area contributed by atoms with Gasteiger partial charge < -0.3 is 10.5 Å². The van der Waals surface area contributed by atoms with Gasteiger partial charge >= 0.3 is 0 Å². The van der Waals surface area contributed by atoms with Crippen LogP contribution >= 0.6 is 28.3 Å². The molecule has 0 aromatic heterocycles. The van der Waals surface area contributed by atoms with Gasteiger partial charge in [0.1, 0.15) is 12.4 Å². The van der Waals surface area contributed by atoms with E-state index in [4.69, 9.17) is 10.5 Å². The molecule has 1 aromatic rings. The SMILES string of the molecule is CC1(N)COc2ccc(Br)cc21.Cl. The van der Waals surface area contributed by atoms with Gasteiger partial charge in [-0.1, -0.05) is 15.9 Å². The molecule has 1 atom stereocenters. The lowest BCUT2D eigenvalue weighted by Gasteiger charge is -2.15. The van der Waals surface area contributed by atoms with Gasteiger partial charge in [0.2, 0.25) is 0 Å². The van der Waals surface area contributed by atoms with Crippen LogP contribution in [0.2, 0.25) is 0 Å². The van der Waals surface area contributed by atoms with Gasteiger partial charge in [-0.2, -0.15) is 0 Å². The van der Waals surface area contributed by atoms with Crippen LogP contribution in [0.15, 0.2) is 22.7 Å². The van der Waals surface area contributed by atoms with Crippen LogP contribution in [0.5, 0.6) is 5.75 Å². The van der Waals surface area contributed by atoms with Crippen molar-refractivity contribution in [2.24, 2.45) is 5.73 Å². The zero-order valence-electron chi connectivity index (χ0n) is 7.21. The van der Waals surface area contributed by atoms with Crippen molar-refractivity contribution < 1.29 is 4.74 Å². The maximum atomic E-state index is 6.01. The van der Waals surface area contributed by atoms with Crippen molar-refractivity contribution in [2.45, 2.75) is 12.5 Å². The Morgan fingerprint density at radius 1 is 1.54 bits per heavy atom. The first-order valence-corrected chi connectivity index (χ1v) is 4.61. The number of halogens is 2. The fourth-order valence-electron chi connectivity index (χ4n) is 1.38. The van der Waals surface area contributed by atoms with Gasteiger partial charge in [0.05, 0.1) is 5.54 Å². The summed E-state index contributed by atoms with van der Waals surface area (Å²) in [5.41, 5.74) is 6.76. The normalized spacial score (nSPS) is 24.5. The van der Waals surface area contributed by atoms with Crippen LogP contribution in [-0.4, -0.2) is 6.61 Å². The first-order chi connectivity index (χ1) is 5.59. The largest absolute Gasteiger partial charge is 0.491 e. The monoisotopic (exact) mass is 263 g/mol. The Kier molecular flexibility index (Phi) is 2.90. The number of hydrogen-bond donors (Lipinski definition) is 1. The molecule has 1 unspecified atom stereocenters. The first-order valence-electron chi connectivity index (χ1n) is 3.81. The molecule has 1 aliphatic rings. The molecule has 0 saturated carbocycles. The standard InChI is InChI=1S/C9H10BrNO.ClH/c1-9(11)5-12-8-3-2-6(10)4-7(8)9;/h2-4H,5,11H2,1H3;1H. The fraction of sp³-hybridized carbons (Fsp3) is 0.333. The third-order valence-corrected chi connectivity index (χ3v) is 2.58. The van der Waals surface area contributed by atoms with Gasteiger partial charge in [-0.3, -0.25) is 0 Å². The zero-order valence-corrected chi connectivity index (χ0v) is 9.61. The second kappa shape index (κ2) is 3.48. The van der Waals surface area contributed by atoms with Crippen molar-refractivity contribution in [3.05, 3.63) is 28.2 Å². The maximum Gasteiger partial charge on any atom is 0.124 e. The van der Waals surface area contributed by atoms with E-state index < -0.39 is 0 Å². The lowest BCUT2D eigenvalue weighted by molar-refractivity contribution is 0.283. The molecule has 1 aromatic carbocycles. The number of ether oxygens (including phenoxy) is 1. The molecular formula is C9H11BrClNO. The lowest BCUT2D eigenvalue weighted by atomic mass is 9.96. The molecule has 0 amide bonds. The average molecular weight is 265 g/mol. The van der Waals surface area contributed by atoms with Crippen molar-refractivity contribution in [1.29, 1.82) is 0 Å². The summed E-state index contributed by atoms with van der Waals surface area (Å²) in [4.78, 5) is 0. The molecule has 2 rings (SSSR count). The Hall–Kier alpha value is -0.250. The third-order valence-electron chi connectivity index (χ3n) is 2.08. The van der Waals surface area contributed by atoms with Crippen molar-refractivity contribution in [3.8, 4) is 5.75 Å². The Balaban J connectivity index is 0.000000845. The van der Waals surface area contributed by atoms with E-state index in [9.17, 15) is 0 Å². The van der Waals surface area contributed by atoms with E-state index in [2.05, 4.69) is 15.9 Å². The van der Waals surface area contributed by atoms with E-state index in [1.807, 2.05) is 25.1 Å². The summed E-state index contributed by atoms with van der Waals surface area (Å²) >= 11 is 3.41. The Morgan fingerprint density at radius 3 is 2.92 bits per heavy atom. The minimum atomic E-state index is -0.334. The lowest BCUT2D eigenvalue weighted by Crippen LogP contribution is -2.34. The van der Waals surface area contributed by atoms with Crippen LogP contribution in [0.25, 0.3) is 0 Å². The van der Waals surface area contributed by atoms with Crippen LogP contribution in [-0.2, 0) is 5.54 Å². The van der Waals surface area contributed by atoms with Gasteiger partial charge in [-0.25, -0.2) is 0 Å². The molecule has 0 bridgehead atoms. The van der Waals surface area contributed by atoms with Gasteiger partial charge in [0, 0.05) is 10.0 Å². The molecule has 0 spiro atoms. The minimum absolute atomic E-state index is 0. The van der Waals surface area contributed by atoms with Gasteiger partial charge in [0.15, 0.2) is 0 Å². The molecule has 13 heavy (non-hydrogen) atoms. The molecule has 2 nitrogen and oxygen atoms in total. The highest BCUT2D eigenvalue weighted by Gasteiger charge is 2.32. The summed E-state index contributed by atoms with van der Waals surface area (Å²) in [6.07, 6.45) is 0. The number of rotatable bonds is 0. The van der Waals surface area contributed by atoms with Crippen LogP contribution in [0, 0.1) is 0 Å². The molecule has 4 heteroatoms. The Morgan fingerprint density at radius 2 is 2.23 bits per heavy atom. The number of nitrogens with two attached hydrogens (primary N) is 1. The predicted molar refractivity (Wildman–Crippen MR) is 58.4 cm³/mol. The molecule has 0 saturated heterocycles. The van der Waals surface area contributed by atoms with Crippen LogP contribution in [0.1, 0.15) is 12.5 Å². The smallest absolute Gasteiger partial charge is 0.124 e. The van der Waals surface area contributed by atoms with E-state index in [1.54, 1.807) is 0 Å². The summed E-state index contributed by atoms with van der Waals surface area (Å²) in [5, 5.41) is 0. The van der Waals surface area contributed by atoms with Crippen molar-refractivity contribution in [2.75, 3.05) is 6.61 Å². The van der Waals surface area contributed by atoms with Crippen LogP contribution in [0.4, 0.5) is 0 Å². The highest BCUT2D eigenvalue weighted by molar-refractivity contribution is 9.10. The predicted octanol–water partition coefficient (Wildman–Crippen LogP) is 2.44. The first kappa shape index (κ1) is 10.8. The molecule has 0 aliphatic carbocycles. The van der Waals surface area contributed by atoms with Gasteiger partial charge in [-0.05, 0) is 25.1 Å². The highest BCUT2D eigenvalue weighted by atomic mass is 79.9. The molecular weight excluding hydrogens is 253 g/mol. The molecule has 0 radical (unpaired) electrons. The minimum Gasteiger partial charge on any atom is -0.491 e. The fourth-order valence-corrected chi connectivity index (χ4v) is 1.74. The Bertz CT molecular complexity index is 327. The molecule has 2 N–H and O–H groups in total. The van der Waals surface area contributed by atoms with Crippen LogP contribution in [0.3, 0.4) is 0 Å². The van der Waals surface area contributed by atoms with E-state index in [-0.39, 0.29) is 17.9 Å². The quantitative estimate of drug-likeness (QED) is 0.781. The molecule has 1 heterocycles. The summed E-state index contributed by atoms with van der Waals surface area (Å²) in [7, 11) is 0. The van der Waals surface area contributed by atoms with Crippen molar-refractivity contribution in [1.82, 2.24) is 0 Å². The van der Waals surface area contributed by atoms with Crippen molar-refractivity contribution >= 4 is 28.3 Å². The summed E-state index contributed by atoms with van der Waals surface area (Å²) in [6.45, 7) is 2.55. The van der Waals surface area contributed by atoms with Gasteiger partial charge in [0.25, 0.3) is 0 Å². The molecule has 1 aliphatic heterocycles. The van der Waals surface area contributed by atoms with E-state index in [0.717, 1.165) is 15.8 Å². The van der Waals surface area contributed by atoms with E-state index in [1.165, 1.54) is 0 Å². The summed E-state index contributed by atoms with van der Waals surface area (Å²) < 4.78 is 6.47. The third kappa shape index (κ3) is 1.82. The molecule has 72 valence electrons. The number of hydrogen-bond acceptors (Lipinski definition) is 2. The summed E-state index contributed by atoms with van der Waals surface area (Å²) in [5.74, 6) is 0.906. The second-order valence-electron chi connectivity index (χ2n) is 3.35. The Labute approximate surface area is 92.0 Å². The number of benzene rings is 1. The van der Waals surface area contributed by atoms with Crippen molar-refractivity contribution in [3.63, 3.8) is 0 Å². The topological polar surface area (TPSA) is 35.2 Å². The molecule has 0 fully saturated rings. The van der Waals surface area contributed by atoms with Gasteiger partial charge in [-0.15, -0.1) is 12.4 Å². The average Bonchev–Trinajstić information content (AvgIpc) is 2.28. The summed E-state index contributed by atoms with van der Waals surface area (Å²) in [6, 6.07) is 5.92. The van der Waals surface area contributed by atoms with Crippen LogP contribution < -0.4 is 10.5 Å². The van der Waals surface area contributed by atoms with E-state index >= 15 is 0 Å². The second-order valence-corrected chi connectivity index (χ2v) is 4.26. The number of fused-ring (bicyclic) bond motifs is 1. The highest BCUT2D eigenvalue weighted by Crippen LogP contribution is 2.36. The zero-order chi connectivity index (χ0) is 8.77.